The van der Waals surface area contributed by atoms with Gasteiger partial charge in [0, 0.05) is 37.6 Å². The Labute approximate surface area is 141 Å². The molecule has 0 aromatic carbocycles. The summed E-state index contributed by atoms with van der Waals surface area (Å²) in [5.74, 6) is 0. The number of nitrogens with one attached hydrogen (secondary N) is 1. The van der Waals surface area contributed by atoms with Crippen molar-refractivity contribution >= 4 is 22.5 Å². The third kappa shape index (κ3) is 3.92. The van der Waals surface area contributed by atoms with Crippen LogP contribution in [0.3, 0.4) is 0 Å². The van der Waals surface area contributed by atoms with Gasteiger partial charge in [-0.2, -0.15) is 0 Å². The molecule has 0 aliphatic carbocycles. The molecule has 2 saturated heterocycles. The highest BCUT2D eigenvalue weighted by Crippen LogP contribution is 2.34. The molecule has 1 atom stereocenters. The van der Waals surface area contributed by atoms with Crippen LogP contribution in [0.15, 0.2) is 5.51 Å². The van der Waals surface area contributed by atoms with Crippen LogP contribution in [0.4, 0.5) is 9.93 Å². The Morgan fingerprint density at radius 1 is 1.43 bits per heavy atom. The molecule has 0 radical (unpaired) electrons. The number of hydrogen-bond donors (Lipinski definition) is 1. The molecule has 1 N–H and O–H groups in total. The van der Waals surface area contributed by atoms with Gasteiger partial charge in [-0.05, 0) is 26.7 Å². The van der Waals surface area contributed by atoms with E-state index in [-0.39, 0.29) is 17.5 Å². The van der Waals surface area contributed by atoms with Crippen LogP contribution < -0.4 is 10.2 Å². The Balaban J connectivity index is 1.72. The van der Waals surface area contributed by atoms with Crippen molar-refractivity contribution in [3.63, 3.8) is 0 Å². The van der Waals surface area contributed by atoms with Gasteiger partial charge >= 0.3 is 6.03 Å². The van der Waals surface area contributed by atoms with E-state index in [2.05, 4.69) is 20.4 Å². The van der Waals surface area contributed by atoms with E-state index in [0.29, 0.717) is 13.2 Å². The predicted molar refractivity (Wildman–Crippen MR) is 89.8 cm³/mol. The second-order valence-corrected chi connectivity index (χ2v) is 7.64. The smallest absolute Gasteiger partial charge is 0.317 e. The summed E-state index contributed by atoms with van der Waals surface area (Å²) in [6.45, 7) is 8.63. The van der Waals surface area contributed by atoms with Crippen LogP contribution in [0.25, 0.3) is 0 Å². The van der Waals surface area contributed by atoms with Gasteiger partial charge in [-0.25, -0.2) is 4.79 Å². The van der Waals surface area contributed by atoms with Gasteiger partial charge in [-0.3, -0.25) is 0 Å². The molecule has 1 spiro atoms. The van der Waals surface area contributed by atoms with E-state index in [9.17, 15) is 4.79 Å². The second-order valence-electron chi connectivity index (χ2n) is 6.82. The van der Waals surface area contributed by atoms with Crippen molar-refractivity contribution in [3.8, 4) is 0 Å². The standard InChI is InChI=1S/C15H25N5O2S/c1-12(2)17-13(21)19-5-3-4-15(8-19)9-20(6-7-22-10-15)14-18-16-11-23-14/h11-12H,3-10H2,1-2H3,(H,17,21). The molecule has 0 saturated carbocycles. The summed E-state index contributed by atoms with van der Waals surface area (Å²) >= 11 is 1.56. The summed E-state index contributed by atoms with van der Waals surface area (Å²) in [6, 6.07) is 0.189. The van der Waals surface area contributed by atoms with Crippen molar-refractivity contribution < 1.29 is 9.53 Å². The number of anilines is 1. The lowest BCUT2D eigenvalue weighted by Crippen LogP contribution is -2.55. The van der Waals surface area contributed by atoms with Crippen LogP contribution in [0.1, 0.15) is 26.7 Å². The van der Waals surface area contributed by atoms with Crippen LogP contribution in [-0.2, 0) is 4.74 Å². The Morgan fingerprint density at radius 3 is 3.04 bits per heavy atom. The molecule has 7 nitrogen and oxygen atoms in total. The van der Waals surface area contributed by atoms with Gasteiger partial charge in [0.2, 0.25) is 5.13 Å². The fourth-order valence-corrected chi connectivity index (χ4v) is 4.02. The van der Waals surface area contributed by atoms with Crippen molar-refractivity contribution in [2.24, 2.45) is 5.41 Å². The first kappa shape index (κ1) is 16.4. The third-order valence-electron chi connectivity index (χ3n) is 4.42. The molecule has 1 aromatic rings. The monoisotopic (exact) mass is 339 g/mol. The van der Waals surface area contributed by atoms with Crippen LogP contribution in [0.5, 0.6) is 0 Å². The van der Waals surface area contributed by atoms with Gasteiger partial charge < -0.3 is 19.9 Å². The van der Waals surface area contributed by atoms with E-state index in [0.717, 1.165) is 44.2 Å². The molecule has 2 aliphatic rings. The van der Waals surface area contributed by atoms with Crippen LogP contribution in [-0.4, -0.2) is 66.6 Å². The maximum atomic E-state index is 12.4. The summed E-state index contributed by atoms with van der Waals surface area (Å²) in [7, 11) is 0. The van der Waals surface area contributed by atoms with Crippen LogP contribution in [0.2, 0.25) is 0 Å². The van der Waals surface area contributed by atoms with Gasteiger partial charge in [0.25, 0.3) is 0 Å². The number of carbonyl (C=O) groups is 1. The molecule has 2 amide bonds. The van der Waals surface area contributed by atoms with E-state index < -0.39 is 0 Å². The first-order chi connectivity index (χ1) is 11.1. The second kappa shape index (κ2) is 7.00. The van der Waals surface area contributed by atoms with Gasteiger partial charge in [0.1, 0.15) is 5.51 Å². The minimum atomic E-state index is -0.0191. The van der Waals surface area contributed by atoms with Gasteiger partial charge in [0.05, 0.1) is 13.2 Å². The zero-order chi connectivity index (χ0) is 16.3. The molecule has 3 rings (SSSR count). The lowest BCUT2D eigenvalue weighted by molar-refractivity contribution is 0.0242. The van der Waals surface area contributed by atoms with E-state index in [1.54, 1.807) is 16.8 Å². The number of nitrogens with zero attached hydrogens (tertiary/aromatic N) is 4. The molecule has 1 unspecified atom stereocenters. The largest absolute Gasteiger partial charge is 0.379 e. The van der Waals surface area contributed by atoms with Crippen molar-refractivity contribution in [2.75, 3.05) is 44.3 Å². The number of carbonyl (C=O) groups excluding carboxylic acids is 1. The molecule has 2 fully saturated rings. The maximum Gasteiger partial charge on any atom is 0.317 e. The lowest BCUT2D eigenvalue weighted by atomic mass is 9.80. The van der Waals surface area contributed by atoms with E-state index >= 15 is 0 Å². The molecule has 2 aliphatic heterocycles. The number of urea groups is 1. The van der Waals surface area contributed by atoms with Crippen molar-refractivity contribution in [1.82, 2.24) is 20.4 Å². The zero-order valence-electron chi connectivity index (χ0n) is 13.8. The minimum Gasteiger partial charge on any atom is -0.379 e. The van der Waals surface area contributed by atoms with E-state index in [1.165, 1.54) is 0 Å². The molecular weight excluding hydrogens is 314 g/mol. The SMILES string of the molecule is CC(C)NC(=O)N1CCCC2(COCCN(c3nncs3)C2)C1. The molecular formula is C15H25N5O2S. The number of ether oxygens (including phenoxy) is 1. The number of piperidine rings is 1. The van der Waals surface area contributed by atoms with Crippen molar-refractivity contribution in [2.45, 2.75) is 32.7 Å². The van der Waals surface area contributed by atoms with Crippen molar-refractivity contribution in [3.05, 3.63) is 5.51 Å². The van der Waals surface area contributed by atoms with Gasteiger partial charge in [-0.15, -0.1) is 10.2 Å². The van der Waals surface area contributed by atoms with E-state index in [4.69, 9.17) is 4.74 Å². The summed E-state index contributed by atoms with van der Waals surface area (Å²) in [4.78, 5) is 16.6. The molecule has 23 heavy (non-hydrogen) atoms. The number of rotatable bonds is 2. The lowest BCUT2D eigenvalue weighted by Gasteiger charge is -2.43. The fraction of sp³-hybridized carbons (Fsp3) is 0.800. The Kier molecular flexibility index (Phi) is 5.01. The molecule has 128 valence electrons. The predicted octanol–water partition coefficient (Wildman–Crippen LogP) is 1.57. The summed E-state index contributed by atoms with van der Waals surface area (Å²) in [5, 5.41) is 12.1. The number of aromatic nitrogens is 2. The minimum absolute atomic E-state index is 0.0191. The highest BCUT2D eigenvalue weighted by atomic mass is 32.1. The molecule has 1 aromatic heterocycles. The number of amides is 2. The quantitative estimate of drug-likeness (QED) is 0.886. The highest BCUT2D eigenvalue weighted by Gasteiger charge is 2.40. The third-order valence-corrected chi connectivity index (χ3v) is 5.17. The number of likely N-dealkylation sites (tertiary alicyclic amines) is 1. The first-order valence-corrected chi connectivity index (χ1v) is 9.10. The Morgan fingerprint density at radius 2 is 2.30 bits per heavy atom. The average Bonchev–Trinajstić information content (AvgIpc) is 2.97. The van der Waals surface area contributed by atoms with Gasteiger partial charge in [-0.1, -0.05) is 11.3 Å². The Bertz CT molecular complexity index is 524. The van der Waals surface area contributed by atoms with Crippen LogP contribution >= 0.6 is 11.3 Å². The maximum absolute atomic E-state index is 12.4. The fourth-order valence-electron chi connectivity index (χ4n) is 3.43. The normalized spacial score (nSPS) is 25.7. The topological polar surface area (TPSA) is 70.6 Å². The Hall–Kier alpha value is -1.41. The van der Waals surface area contributed by atoms with Crippen molar-refractivity contribution in [1.29, 1.82) is 0 Å². The first-order valence-electron chi connectivity index (χ1n) is 8.22. The van der Waals surface area contributed by atoms with Crippen LogP contribution in [0, 0.1) is 5.41 Å². The van der Waals surface area contributed by atoms with E-state index in [1.807, 2.05) is 18.7 Å². The highest BCUT2D eigenvalue weighted by molar-refractivity contribution is 7.13. The van der Waals surface area contributed by atoms with Gasteiger partial charge in [0.15, 0.2) is 0 Å². The molecule has 8 heteroatoms. The summed E-state index contributed by atoms with van der Waals surface area (Å²) < 4.78 is 5.88. The molecule has 3 heterocycles. The molecule has 0 bridgehead atoms. The zero-order valence-corrected chi connectivity index (χ0v) is 14.6. The summed E-state index contributed by atoms with van der Waals surface area (Å²) in [5.41, 5.74) is 1.74. The number of hydrogen-bond acceptors (Lipinski definition) is 6. The average molecular weight is 339 g/mol. The summed E-state index contributed by atoms with van der Waals surface area (Å²) in [6.07, 6.45) is 2.09.